The van der Waals surface area contributed by atoms with E-state index in [9.17, 15) is 4.79 Å². The van der Waals surface area contributed by atoms with E-state index in [0.29, 0.717) is 18.7 Å². The fourth-order valence-corrected chi connectivity index (χ4v) is 3.82. The number of nitrogens with one attached hydrogen (secondary N) is 1. The molecular formula is C24H33N3O3. The van der Waals surface area contributed by atoms with Crippen molar-refractivity contribution in [3.8, 4) is 11.5 Å². The van der Waals surface area contributed by atoms with Crippen LogP contribution >= 0.6 is 0 Å². The van der Waals surface area contributed by atoms with E-state index in [2.05, 4.69) is 46.3 Å². The van der Waals surface area contributed by atoms with Crippen LogP contribution in [0.1, 0.15) is 17.5 Å². The van der Waals surface area contributed by atoms with E-state index in [0.717, 1.165) is 50.5 Å². The van der Waals surface area contributed by atoms with Crippen molar-refractivity contribution in [1.29, 1.82) is 0 Å². The molecule has 0 radical (unpaired) electrons. The summed E-state index contributed by atoms with van der Waals surface area (Å²) in [5.74, 6) is 1.41. The molecule has 30 heavy (non-hydrogen) atoms. The number of nitrogens with zero attached hydrogens (tertiary/aromatic N) is 2. The van der Waals surface area contributed by atoms with Crippen molar-refractivity contribution in [2.24, 2.45) is 0 Å². The van der Waals surface area contributed by atoms with Crippen LogP contribution in [0.2, 0.25) is 0 Å². The molecule has 3 rings (SSSR count). The number of hydrogen-bond donors (Lipinski definition) is 1. The lowest BCUT2D eigenvalue weighted by Gasteiger charge is -2.36. The van der Waals surface area contributed by atoms with Crippen LogP contribution in [0.3, 0.4) is 0 Å². The molecule has 0 aliphatic carbocycles. The average molecular weight is 412 g/mol. The van der Waals surface area contributed by atoms with Crippen molar-refractivity contribution in [2.75, 3.05) is 58.4 Å². The Hall–Kier alpha value is -2.73. The van der Waals surface area contributed by atoms with Gasteiger partial charge in [0.15, 0.2) is 0 Å². The normalized spacial score (nSPS) is 14.4. The van der Waals surface area contributed by atoms with Crippen molar-refractivity contribution >= 4 is 11.6 Å². The molecule has 1 saturated heterocycles. The highest BCUT2D eigenvalue weighted by Crippen LogP contribution is 2.25. The van der Waals surface area contributed by atoms with Gasteiger partial charge in [0.1, 0.15) is 11.5 Å². The fraction of sp³-hybridized carbons (Fsp3) is 0.458. The Kier molecular flexibility index (Phi) is 7.97. The van der Waals surface area contributed by atoms with Gasteiger partial charge in [-0.15, -0.1) is 0 Å². The molecule has 0 atom stereocenters. The standard InChI is InChI=1S/C24H33N3O3/c1-19-6-4-7-21(16-19)27-14-12-26(13-15-27)11-5-10-25-24(28)17-20-8-9-22(29-2)18-23(20)30-3/h4,6-9,16,18H,5,10-15,17H2,1-3H3,(H,25,28). The van der Waals surface area contributed by atoms with Crippen molar-refractivity contribution in [1.82, 2.24) is 10.2 Å². The van der Waals surface area contributed by atoms with Gasteiger partial charge in [0.25, 0.3) is 0 Å². The summed E-state index contributed by atoms with van der Waals surface area (Å²) in [5.41, 5.74) is 3.48. The van der Waals surface area contributed by atoms with Crippen LogP contribution in [-0.4, -0.2) is 64.3 Å². The van der Waals surface area contributed by atoms with E-state index in [1.807, 2.05) is 12.1 Å². The number of hydrogen-bond acceptors (Lipinski definition) is 5. The Labute approximate surface area is 179 Å². The zero-order valence-electron chi connectivity index (χ0n) is 18.3. The maximum atomic E-state index is 12.3. The number of benzene rings is 2. The van der Waals surface area contributed by atoms with Gasteiger partial charge in [0, 0.05) is 50.0 Å². The Bertz CT molecular complexity index is 832. The van der Waals surface area contributed by atoms with Gasteiger partial charge in [-0.05, 0) is 43.7 Å². The van der Waals surface area contributed by atoms with Gasteiger partial charge in [-0.2, -0.15) is 0 Å². The first-order chi connectivity index (χ1) is 14.6. The molecule has 1 N–H and O–H groups in total. The number of anilines is 1. The molecule has 0 bridgehead atoms. The maximum Gasteiger partial charge on any atom is 0.224 e. The molecule has 2 aromatic rings. The monoisotopic (exact) mass is 411 g/mol. The number of piperazine rings is 1. The summed E-state index contributed by atoms with van der Waals surface area (Å²) in [6.45, 7) is 8.05. The molecule has 0 aromatic heterocycles. The second-order valence-corrected chi connectivity index (χ2v) is 7.73. The number of aryl methyl sites for hydroxylation is 1. The third-order valence-electron chi connectivity index (χ3n) is 5.56. The van der Waals surface area contributed by atoms with Gasteiger partial charge in [0.05, 0.1) is 20.6 Å². The summed E-state index contributed by atoms with van der Waals surface area (Å²) in [6.07, 6.45) is 1.26. The van der Waals surface area contributed by atoms with E-state index < -0.39 is 0 Å². The molecule has 2 aromatic carbocycles. The van der Waals surface area contributed by atoms with Crippen LogP contribution in [0.5, 0.6) is 11.5 Å². The summed E-state index contributed by atoms with van der Waals surface area (Å²) < 4.78 is 10.6. The number of methoxy groups -OCH3 is 2. The van der Waals surface area contributed by atoms with Crippen LogP contribution in [0, 0.1) is 6.92 Å². The topological polar surface area (TPSA) is 54.0 Å². The largest absolute Gasteiger partial charge is 0.497 e. The number of carbonyl (C=O) groups excluding carboxylic acids is 1. The van der Waals surface area contributed by atoms with Gasteiger partial charge >= 0.3 is 0 Å². The Morgan fingerprint density at radius 2 is 1.83 bits per heavy atom. The van der Waals surface area contributed by atoms with E-state index in [4.69, 9.17) is 9.47 Å². The molecule has 0 spiro atoms. The van der Waals surface area contributed by atoms with E-state index in [-0.39, 0.29) is 5.91 Å². The molecule has 1 aliphatic rings. The molecule has 6 nitrogen and oxygen atoms in total. The molecule has 1 aliphatic heterocycles. The fourth-order valence-electron chi connectivity index (χ4n) is 3.82. The number of rotatable bonds is 9. The van der Waals surface area contributed by atoms with Crippen molar-refractivity contribution in [3.05, 3.63) is 53.6 Å². The smallest absolute Gasteiger partial charge is 0.224 e. The highest BCUT2D eigenvalue weighted by atomic mass is 16.5. The predicted molar refractivity (Wildman–Crippen MR) is 121 cm³/mol. The lowest BCUT2D eigenvalue weighted by atomic mass is 10.1. The SMILES string of the molecule is COc1ccc(CC(=O)NCCCN2CCN(c3cccc(C)c3)CC2)c(OC)c1. The first-order valence-corrected chi connectivity index (χ1v) is 10.6. The lowest BCUT2D eigenvalue weighted by molar-refractivity contribution is -0.120. The number of carbonyl (C=O) groups is 1. The first kappa shape index (κ1) is 22.0. The van der Waals surface area contributed by atoms with Gasteiger partial charge in [-0.1, -0.05) is 18.2 Å². The van der Waals surface area contributed by atoms with Crippen LogP contribution in [0.15, 0.2) is 42.5 Å². The summed E-state index contributed by atoms with van der Waals surface area (Å²) in [5, 5.41) is 3.03. The van der Waals surface area contributed by atoms with Crippen molar-refractivity contribution < 1.29 is 14.3 Å². The second kappa shape index (κ2) is 10.9. The number of amides is 1. The molecule has 0 saturated carbocycles. The minimum absolute atomic E-state index is 0.0164. The zero-order chi connectivity index (χ0) is 21.3. The minimum atomic E-state index is 0.0164. The van der Waals surface area contributed by atoms with E-state index in [1.165, 1.54) is 11.3 Å². The first-order valence-electron chi connectivity index (χ1n) is 10.6. The maximum absolute atomic E-state index is 12.3. The summed E-state index contributed by atoms with van der Waals surface area (Å²) in [6, 6.07) is 14.2. The molecule has 1 fully saturated rings. The van der Waals surface area contributed by atoms with Crippen LogP contribution in [-0.2, 0) is 11.2 Å². The quantitative estimate of drug-likeness (QED) is 0.643. The summed E-state index contributed by atoms with van der Waals surface area (Å²) in [4.78, 5) is 17.2. The predicted octanol–water partition coefficient (Wildman–Crippen LogP) is 2.88. The summed E-state index contributed by atoms with van der Waals surface area (Å²) >= 11 is 0. The van der Waals surface area contributed by atoms with E-state index >= 15 is 0 Å². The Balaban J connectivity index is 1.35. The van der Waals surface area contributed by atoms with Crippen LogP contribution in [0.4, 0.5) is 5.69 Å². The minimum Gasteiger partial charge on any atom is -0.497 e. The third-order valence-corrected chi connectivity index (χ3v) is 5.56. The van der Waals surface area contributed by atoms with Crippen molar-refractivity contribution in [2.45, 2.75) is 19.8 Å². The summed E-state index contributed by atoms with van der Waals surface area (Å²) in [7, 11) is 3.22. The molecule has 6 heteroatoms. The highest BCUT2D eigenvalue weighted by molar-refractivity contribution is 5.79. The molecule has 1 amide bonds. The van der Waals surface area contributed by atoms with Gasteiger partial charge in [0.2, 0.25) is 5.91 Å². The Morgan fingerprint density at radius 3 is 2.53 bits per heavy atom. The van der Waals surface area contributed by atoms with Crippen LogP contribution in [0.25, 0.3) is 0 Å². The molecule has 162 valence electrons. The third kappa shape index (κ3) is 6.13. The lowest BCUT2D eigenvalue weighted by Crippen LogP contribution is -2.47. The van der Waals surface area contributed by atoms with Crippen LogP contribution < -0.4 is 19.7 Å². The van der Waals surface area contributed by atoms with Crippen molar-refractivity contribution in [3.63, 3.8) is 0 Å². The van der Waals surface area contributed by atoms with Gasteiger partial charge < -0.3 is 19.7 Å². The average Bonchev–Trinajstić information content (AvgIpc) is 2.77. The van der Waals surface area contributed by atoms with E-state index in [1.54, 1.807) is 20.3 Å². The van der Waals surface area contributed by atoms with Gasteiger partial charge in [-0.25, -0.2) is 0 Å². The van der Waals surface area contributed by atoms with Gasteiger partial charge in [-0.3, -0.25) is 9.69 Å². The Morgan fingerprint density at radius 1 is 1.03 bits per heavy atom. The second-order valence-electron chi connectivity index (χ2n) is 7.73. The zero-order valence-corrected chi connectivity index (χ0v) is 18.3. The molecule has 0 unspecified atom stereocenters. The highest BCUT2D eigenvalue weighted by Gasteiger charge is 2.17. The molecule has 1 heterocycles. The number of ether oxygens (including phenoxy) is 2. The molecular weight excluding hydrogens is 378 g/mol.